The Morgan fingerprint density at radius 2 is 1.68 bits per heavy atom. The molecular weight excluding hydrogens is 352 g/mol. The Bertz CT molecular complexity index is 686. The van der Waals surface area contributed by atoms with Crippen molar-refractivity contribution in [1.29, 1.82) is 0 Å². The lowest BCUT2D eigenvalue weighted by molar-refractivity contribution is -0.147. The molecule has 0 spiro atoms. The molecule has 0 radical (unpaired) electrons. The summed E-state index contributed by atoms with van der Waals surface area (Å²) in [6.07, 6.45) is 10.4. The first kappa shape index (κ1) is 22.4. The predicted octanol–water partition coefficient (Wildman–Crippen LogP) is 5.79. The van der Waals surface area contributed by atoms with Gasteiger partial charge >= 0.3 is 11.9 Å². The van der Waals surface area contributed by atoms with Crippen molar-refractivity contribution in [3.8, 4) is 0 Å². The number of hydrogen-bond donors (Lipinski definition) is 2. The minimum atomic E-state index is -0.714. The largest absolute Gasteiger partial charge is 0.481 e. The van der Waals surface area contributed by atoms with Gasteiger partial charge in [0.25, 0.3) is 0 Å². The molecule has 0 saturated heterocycles. The molecule has 1 aliphatic rings. The molecule has 1 saturated carbocycles. The summed E-state index contributed by atoms with van der Waals surface area (Å²) in [5, 5.41) is 18.4. The lowest BCUT2D eigenvalue weighted by atomic mass is 9.87. The van der Waals surface area contributed by atoms with Crippen LogP contribution in [-0.2, 0) is 22.4 Å². The summed E-state index contributed by atoms with van der Waals surface area (Å²) in [5.41, 5.74) is 3.03. The van der Waals surface area contributed by atoms with Crippen LogP contribution in [0.15, 0.2) is 18.2 Å². The van der Waals surface area contributed by atoms with E-state index in [4.69, 9.17) is 5.11 Å². The summed E-state index contributed by atoms with van der Waals surface area (Å²) in [4.78, 5) is 22.3. The van der Waals surface area contributed by atoms with Gasteiger partial charge in [-0.15, -0.1) is 0 Å². The molecule has 0 heterocycles. The van der Waals surface area contributed by atoms with Crippen LogP contribution in [0.2, 0.25) is 0 Å². The predicted molar refractivity (Wildman–Crippen MR) is 112 cm³/mol. The number of aliphatic carboxylic acids is 2. The molecule has 4 heteroatoms. The molecule has 1 aliphatic carbocycles. The SMILES string of the molecule is Cc1cc(CCCCCC(C)(C)C(=O)O)ccc1CCCCC1(C(=O)O)CC1. The molecule has 1 fully saturated rings. The van der Waals surface area contributed by atoms with Crippen molar-refractivity contribution in [1.82, 2.24) is 0 Å². The molecule has 1 aromatic rings. The topological polar surface area (TPSA) is 74.6 Å². The van der Waals surface area contributed by atoms with E-state index in [1.807, 2.05) is 0 Å². The summed E-state index contributed by atoms with van der Waals surface area (Å²) in [6, 6.07) is 6.71. The van der Waals surface area contributed by atoms with Crippen LogP contribution in [-0.4, -0.2) is 22.2 Å². The average molecular weight is 389 g/mol. The molecule has 0 aromatic heterocycles. The van der Waals surface area contributed by atoms with Crippen LogP contribution in [0.5, 0.6) is 0 Å². The van der Waals surface area contributed by atoms with Crippen molar-refractivity contribution < 1.29 is 19.8 Å². The van der Waals surface area contributed by atoms with Crippen LogP contribution in [0, 0.1) is 17.8 Å². The Kier molecular flexibility index (Phi) is 7.68. The summed E-state index contributed by atoms with van der Waals surface area (Å²) >= 11 is 0. The standard InChI is InChI=1S/C24H36O4/c1-18-17-19(9-5-4-7-13-23(2,3)21(25)26)11-12-20(18)10-6-8-14-24(15-16-24)22(27)28/h11-12,17H,4-10,13-16H2,1-3H3,(H,25,26)(H,27,28). The van der Waals surface area contributed by atoms with Crippen LogP contribution >= 0.6 is 0 Å². The molecule has 2 rings (SSSR count). The van der Waals surface area contributed by atoms with Gasteiger partial charge in [0.2, 0.25) is 0 Å². The molecule has 28 heavy (non-hydrogen) atoms. The van der Waals surface area contributed by atoms with Crippen LogP contribution in [0.4, 0.5) is 0 Å². The van der Waals surface area contributed by atoms with E-state index < -0.39 is 22.8 Å². The minimum absolute atomic E-state index is 0.390. The summed E-state index contributed by atoms with van der Waals surface area (Å²) in [5.74, 6) is -1.33. The second-order valence-electron chi connectivity index (χ2n) is 9.30. The Labute approximate surface area is 169 Å². The van der Waals surface area contributed by atoms with Crippen molar-refractivity contribution in [2.45, 2.75) is 91.4 Å². The maximum atomic E-state index is 11.2. The fourth-order valence-corrected chi connectivity index (χ4v) is 3.87. The van der Waals surface area contributed by atoms with Gasteiger partial charge in [-0.2, -0.15) is 0 Å². The third-order valence-electron chi connectivity index (χ3n) is 6.41. The molecule has 0 unspecified atom stereocenters. The van der Waals surface area contributed by atoms with Gasteiger partial charge in [-0.1, -0.05) is 37.5 Å². The van der Waals surface area contributed by atoms with Crippen molar-refractivity contribution in [2.75, 3.05) is 0 Å². The first-order valence-electron chi connectivity index (χ1n) is 10.7. The lowest BCUT2D eigenvalue weighted by Crippen LogP contribution is -2.23. The first-order valence-corrected chi connectivity index (χ1v) is 10.7. The summed E-state index contributed by atoms with van der Waals surface area (Å²) in [6.45, 7) is 5.75. The third kappa shape index (κ3) is 6.35. The van der Waals surface area contributed by atoms with Crippen molar-refractivity contribution in [3.63, 3.8) is 0 Å². The second kappa shape index (κ2) is 9.58. The van der Waals surface area contributed by atoms with E-state index in [0.717, 1.165) is 70.6 Å². The number of benzene rings is 1. The van der Waals surface area contributed by atoms with Gasteiger partial charge in [-0.3, -0.25) is 9.59 Å². The molecule has 0 aliphatic heterocycles. The molecule has 0 amide bonds. The van der Waals surface area contributed by atoms with E-state index in [-0.39, 0.29) is 0 Å². The van der Waals surface area contributed by atoms with E-state index in [9.17, 15) is 14.7 Å². The van der Waals surface area contributed by atoms with E-state index in [2.05, 4.69) is 25.1 Å². The van der Waals surface area contributed by atoms with Gasteiger partial charge in [0, 0.05) is 0 Å². The zero-order chi connectivity index (χ0) is 20.8. The number of hydrogen-bond acceptors (Lipinski definition) is 2. The van der Waals surface area contributed by atoms with Gasteiger partial charge < -0.3 is 10.2 Å². The molecule has 2 N–H and O–H groups in total. The molecule has 156 valence electrons. The number of carboxylic acid groups (broad SMARTS) is 2. The van der Waals surface area contributed by atoms with Gasteiger partial charge in [-0.25, -0.2) is 0 Å². The Morgan fingerprint density at radius 1 is 1.00 bits per heavy atom. The number of aryl methyl sites for hydroxylation is 3. The van der Waals surface area contributed by atoms with Crippen LogP contribution in [0.3, 0.4) is 0 Å². The zero-order valence-corrected chi connectivity index (χ0v) is 17.7. The molecule has 0 bridgehead atoms. The van der Waals surface area contributed by atoms with Crippen molar-refractivity contribution >= 4 is 11.9 Å². The van der Waals surface area contributed by atoms with Gasteiger partial charge in [0.05, 0.1) is 10.8 Å². The summed E-state index contributed by atoms with van der Waals surface area (Å²) in [7, 11) is 0. The van der Waals surface area contributed by atoms with Crippen molar-refractivity contribution in [2.24, 2.45) is 10.8 Å². The maximum Gasteiger partial charge on any atom is 0.309 e. The zero-order valence-electron chi connectivity index (χ0n) is 17.7. The highest BCUT2D eigenvalue weighted by Crippen LogP contribution is 2.50. The number of rotatable bonds is 13. The fourth-order valence-electron chi connectivity index (χ4n) is 3.87. The van der Waals surface area contributed by atoms with Gasteiger partial charge in [0.1, 0.15) is 0 Å². The lowest BCUT2D eigenvalue weighted by Gasteiger charge is -2.18. The smallest absolute Gasteiger partial charge is 0.309 e. The third-order valence-corrected chi connectivity index (χ3v) is 6.41. The van der Waals surface area contributed by atoms with E-state index in [1.54, 1.807) is 13.8 Å². The Balaban J connectivity index is 1.67. The maximum absolute atomic E-state index is 11.2. The van der Waals surface area contributed by atoms with Gasteiger partial charge in [0.15, 0.2) is 0 Å². The van der Waals surface area contributed by atoms with E-state index in [0.29, 0.717) is 0 Å². The van der Waals surface area contributed by atoms with Crippen molar-refractivity contribution in [3.05, 3.63) is 34.9 Å². The Hall–Kier alpha value is -1.84. The fraction of sp³-hybridized carbons (Fsp3) is 0.667. The average Bonchev–Trinajstić information content (AvgIpc) is 3.41. The monoisotopic (exact) mass is 388 g/mol. The minimum Gasteiger partial charge on any atom is -0.481 e. The number of carboxylic acids is 2. The number of unbranched alkanes of at least 4 members (excludes halogenated alkanes) is 3. The molecule has 0 atom stereocenters. The molecular formula is C24H36O4. The second-order valence-corrected chi connectivity index (χ2v) is 9.30. The van der Waals surface area contributed by atoms with E-state index in [1.165, 1.54) is 16.7 Å². The quantitative estimate of drug-likeness (QED) is 0.420. The van der Waals surface area contributed by atoms with Crippen LogP contribution in [0.1, 0.15) is 88.3 Å². The summed E-state index contributed by atoms with van der Waals surface area (Å²) < 4.78 is 0. The molecule has 4 nitrogen and oxygen atoms in total. The first-order chi connectivity index (χ1) is 13.2. The Morgan fingerprint density at radius 3 is 2.25 bits per heavy atom. The van der Waals surface area contributed by atoms with Crippen LogP contribution < -0.4 is 0 Å². The van der Waals surface area contributed by atoms with Crippen LogP contribution in [0.25, 0.3) is 0 Å². The highest BCUT2D eigenvalue weighted by molar-refractivity contribution is 5.77. The highest BCUT2D eigenvalue weighted by Gasteiger charge is 2.49. The highest BCUT2D eigenvalue weighted by atomic mass is 16.4. The van der Waals surface area contributed by atoms with E-state index >= 15 is 0 Å². The van der Waals surface area contributed by atoms with Gasteiger partial charge in [-0.05, 0) is 88.8 Å². The molecule has 1 aromatic carbocycles. The number of carbonyl (C=O) groups is 2. The normalized spacial score (nSPS) is 15.4.